The molecular weight excluding hydrogens is 241 g/mol. The molecule has 2 N–H and O–H groups in total. The minimum Gasteiger partial charge on any atom is -0.508 e. The first-order valence-electron chi connectivity index (χ1n) is 4.92. The Hall–Kier alpha value is -1.88. The van der Waals surface area contributed by atoms with Gasteiger partial charge in [-0.25, -0.2) is 4.39 Å². The highest BCUT2D eigenvalue weighted by atomic mass is 32.1. The van der Waals surface area contributed by atoms with Gasteiger partial charge >= 0.3 is 0 Å². The first kappa shape index (κ1) is 11.6. The van der Waals surface area contributed by atoms with Crippen LogP contribution in [-0.2, 0) is 0 Å². The standard InChI is InChI=1S/C12H10FNO2S/c1-7-2-5-11(17-7)12(16)14-10-4-3-8(15)6-9(10)13/h2-6,15H,1H3,(H,14,16). The van der Waals surface area contributed by atoms with E-state index in [2.05, 4.69) is 5.32 Å². The van der Waals surface area contributed by atoms with Crippen molar-refractivity contribution in [2.75, 3.05) is 5.32 Å². The molecule has 0 radical (unpaired) electrons. The molecule has 0 spiro atoms. The maximum Gasteiger partial charge on any atom is 0.265 e. The fourth-order valence-electron chi connectivity index (χ4n) is 1.35. The summed E-state index contributed by atoms with van der Waals surface area (Å²) in [6.45, 7) is 1.89. The number of hydrogen-bond donors (Lipinski definition) is 2. The Labute approximate surface area is 102 Å². The number of amides is 1. The van der Waals surface area contributed by atoms with Crippen LogP contribution in [0.3, 0.4) is 0 Å². The number of carbonyl (C=O) groups is 1. The molecule has 2 rings (SSSR count). The lowest BCUT2D eigenvalue weighted by Crippen LogP contribution is -2.11. The number of carbonyl (C=O) groups excluding carboxylic acids is 1. The molecule has 0 aliphatic carbocycles. The van der Waals surface area contributed by atoms with E-state index in [9.17, 15) is 9.18 Å². The van der Waals surface area contributed by atoms with Crippen LogP contribution in [0.5, 0.6) is 5.75 Å². The van der Waals surface area contributed by atoms with Gasteiger partial charge in [-0.1, -0.05) is 0 Å². The second-order valence-electron chi connectivity index (χ2n) is 3.53. The molecule has 5 heteroatoms. The molecule has 0 saturated carbocycles. The van der Waals surface area contributed by atoms with Crippen LogP contribution in [0.4, 0.5) is 10.1 Å². The van der Waals surface area contributed by atoms with E-state index < -0.39 is 5.82 Å². The minimum atomic E-state index is -0.661. The average molecular weight is 251 g/mol. The van der Waals surface area contributed by atoms with Gasteiger partial charge in [-0.3, -0.25) is 4.79 Å². The Morgan fingerprint density at radius 2 is 2.12 bits per heavy atom. The average Bonchev–Trinajstić information content (AvgIpc) is 2.69. The van der Waals surface area contributed by atoms with Gasteiger partial charge in [0.15, 0.2) is 0 Å². The van der Waals surface area contributed by atoms with Gasteiger partial charge in [-0.15, -0.1) is 11.3 Å². The van der Waals surface area contributed by atoms with E-state index in [0.29, 0.717) is 4.88 Å². The summed E-state index contributed by atoms with van der Waals surface area (Å²) in [6, 6.07) is 7.11. The molecule has 0 atom stereocenters. The molecule has 1 aromatic heterocycles. The lowest BCUT2D eigenvalue weighted by Gasteiger charge is -2.05. The molecule has 1 amide bonds. The summed E-state index contributed by atoms with van der Waals surface area (Å²) < 4.78 is 13.4. The van der Waals surface area contributed by atoms with Crippen molar-refractivity contribution in [1.29, 1.82) is 0 Å². The lowest BCUT2D eigenvalue weighted by atomic mass is 10.3. The van der Waals surface area contributed by atoms with Gasteiger partial charge in [0.2, 0.25) is 0 Å². The monoisotopic (exact) mass is 251 g/mol. The van der Waals surface area contributed by atoms with Gasteiger partial charge in [-0.05, 0) is 31.2 Å². The Bertz CT molecular complexity index is 565. The zero-order valence-electron chi connectivity index (χ0n) is 9.03. The Morgan fingerprint density at radius 1 is 1.35 bits per heavy atom. The summed E-state index contributed by atoms with van der Waals surface area (Å²) in [6.07, 6.45) is 0. The topological polar surface area (TPSA) is 49.3 Å². The van der Waals surface area contributed by atoms with Gasteiger partial charge in [0, 0.05) is 10.9 Å². The van der Waals surface area contributed by atoms with Gasteiger partial charge in [0.1, 0.15) is 11.6 Å². The number of hydrogen-bond acceptors (Lipinski definition) is 3. The van der Waals surface area contributed by atoms with E-state index in [4.69, 9.17) is 5.11 Å². The van der Waals surface area contributed by atoms with Gasteiger partial charge in [0.25, 0.3) is 5.91 Å². The summed E-state index contributed by atoms with van der Waals surface area (Å²) in [5, 5.41) is 11.5. The van der Waals surface area contributed by atoms with E-state index >= 15 is 0 Å². The zero-order chi connectivity index (χ0) is 12.4. The molecule has 2 aromatic rings. The predicted octanol–water partition coefficient (Wildman–Crippen LogP) is 3.15. The number of halogens is 1. The molecule has 0 bridgehead atoms. The third-order valence-corrected chi connectivity index (χ3v) is 3.16. The summed E-state index contributed by atoms with van der Waals surface area (Å²) in [5.41, 5.74) is 0.0545. The fourth-order valence-corrected chi connectivity index (χ4v) is 2.11. The quantitative estimate of drug-likeness (QED) is 0.805. The maximum atomic E-state index is 13.4. The van der Waals surface area contributed by atoms with Gasteiger partial charge < -0.3 is 10.4 Å². The van der Waals surface area contributed by atoms with Crippen molar-refractivity contribution in [2.24, 2.45) is 0 Å². The van der Waals surface area contributed by atoms with E-state index in [1.54, 1.807) is 6.07 Å². The van der Waals surface area contributed by atoms with Crippen molar-refractivity contribution < 1.29 is 14.3 Å². The molecule has 0 aliphatic heterocycles. The predicted molar refractivity (Wildman–Crippen MR) is 65.1 cm³/mol. The fraction of sp³-hybridized carbons (Fsp3) is 0.0833. The maximum absolute atomic E-state index is 13.4. The third kappa shape index (κ3) is 2.62. The zero-order valence-corrected chi connectivity index (χ0v) is 9.84. The third-order valence-electron chi connectivity index (χ3n) is 2.17. The number of anilines is 1. The number of thiophene rings is 1. The second kappa shape index (κ2) is 4.55. The van der Waals surface area contributed by atoms with Crippen LogP contribution in [0.15, 0.2) is 30.3 Å². The highest BCUT2D eigenvalue weighted by Crippen LogP contribution is 2.21. The molecule has 0 saturated heterocycles. The summed E-state index contributed by atoms with van der Waals surface area (Å²) in [5.74, 6) is -1.19. The molecule has 0 aliphatic rings. The number of rotatable bonds is 2. The first-order valence-corrected chi connectivity index (χ1v) is 5.74. The van der Waals surface area contributed by atoms with Gasteiger partial charge in [-0.2, -0.15) is 0 Å². The van der Waals surface area contributed by atoms with Crippen LogP contribution in [0.1, 0.15) is 14.5 Å². The van der Waals surface area contributed by atoms with Crippen molar-refractivity contribution in [2.45, 2.75) is 6.92 Å². The molecule has 1 heterocycles. The Balaban J connectivity index is 2.18. The summed E-state index contributed by atoms with van der Waals surface area (Å²) in [4.78, 5) is 13.3. The Kier molecular flexibility index (Phi) is 3.10. The van der Waals surface area contributed by atoms with Crippen LogP contribution in [0.25, 0.3) is 0 Å². The van der Waals surface area contributed by atoms with Crippen molar-refractivity contribution in [3.63, 3.8) is 0 Å². The number of phenols is 1. The second-order valence-corrected chi connectivity index (χ2v) is 4.82. The largest absolute Gasteiger partial charge is 0.508 e. The van der Waals surface area contributed by atoms with Crippen molar-refractivity contribution in [3.8, 4) is 5.75 Å². The van der Waals surface area contributed by atoms with Crippen molar-refractivity contribution in [3.05, 3.63) is 45.9 Å². The van der Waals surface area contributed by atoms with Crippen LogP contribution < -0.4 is 5.32 Å². The lowest BCUT2D eigenvalue weighted by molar-refractivity contribution is 0.103. The molecule has 88 valence electrons. The van der Waals surface area contributed by atoms with E-state index in [0.717, 1.165) is 10.9 Å². The SMILES string of the molecule is Cc1ccc(C(=O)Nc2ccc(O)cc2F)s1. The van der Waals surface area contributed by atoms with E-state index in [1.165, 1.54) is 23.5 Å². The number of aromatic hydroxyl groups is 1. The van der Waals surface area contributed by atoms with Crippen molar-refractivity contribution in [1.82, 2.24) is 0 Å². The number of benzene rings is 1. The molecular formula is C12H10FNO2S. The van der Waals surface area contributed by atoms with Crippen LogP contribution in [-0.4, -0.2) is 11.0 Å². The molecule has 17 heavy (non-hydrogen) atoms. The number of phenolic OH excluding ortho intramolecular Hbond substituents is 1. The molecule has 0 fully saturated rings. The summed E-state index contributed by atoms with van der Waals surface area (Å²) >= 11 is 1.34. The molecule has 3 nitrogen and oxygen atoms in total. The van der Waals surface area contributed by atoms with Crippen LogP contribution >= 0.6 is 11.3 Å². The molecule has 1 aromatic carbocycles. The first-order chi connectivity index (χ1) is 8.06. The van der Waals surface area contributed by atoms with Crippen LogP contribution in [0.2, 0.25) is 0 Å². The normalized spacial score (nSPS) is 10.2. The highest BCUT2D eigenvalue weighted by molar-refractivity contribution is 7.14. The van der Waals surface area contributed by atoms with E-state index in [-0.39, 0.29) is 17.3 Å². The summed E-state index contributed by atoms with van der Waals surface area (Å²) in [7, 11) is 0. The number of aryl methyl sites for hydroxylation is 1. The van der Waals surface area contributed by atoms with Crippen molar-refractivity contribution >= 4 is 22.9 Å². The number of nitrogens with one attached hydrogen (secondary N) is 1. The molecule has 0 unspecified atom stereocenters. The van der Waals surface area contributed by atoms with Gasteiger partial charge in [0.05, 0.1) is 10.6 Å². The van der Waals surface area contributed by atoms with Crippen LogP contribution in [0, 0.1) is 12.7 Å². The Morgan fingerprint density at radius 3 is 2.71 bits per heavy atom. The smallest absolute Gasteiger partial charge is 0.265 e. The minimum absolute atomic E-state index is 0.0545. The highest BCUT2D eigenvalue weighted by Gasteiger charge is 2.11. The van der Waals surface area contributed by atoms with E-state index in [1.807, 2.05) is 13.0 Å².